The van der Waals surface area contributed by atoms with Crippen LogP contribution >= 0.6 is 11.6 Å². The van der Waals surface area contributed by atoms with E-state index in [4.69, 9.17) is 17.3 Å². The second-order valence-electron chi connectivity index (χ2n) is 6.25. The number of nitrogens with one attached hydrogen (secondary N) is 1. The molecule has 1 heterocycles. The maximum absolute atomic E-state index is 14.0. The Bertz CT molecular complexity index is 929. The van der Waals surface area contributed by atoms with Crippen LogP contribution in [0.4, 0.5) is 22.0 Å². The van der Waals surface area contributed by atoms with E-state index in [0.29, 0.717) is 35.4 Å². The third-order valence-corrected chi connectivity index (χ3v) is 4.35. The number of nitrogen functional groups attached to an aromatic ring is 1. The van der Waals surface area contributed by atoms with Gasteiger partial charge in [0.25, 0.3) is 0 Å². The van der Waals surface area contributed by atoms with Crippen molar-refractivity contribution in [3.8, 4) is 0 Å². The van der Waals surface area contributed by atoms with Crippen molar-refractivity contribution in [3.63, 3.8) is 0 Å². The van der Waals surface area contributed by atoms with Crippen molar-refractivity contribution in [2.24, 2.45) is 0 Å². The largest absolute Gasteiger partial charge is 0.368 e. The lowest BCUT2D eigenvalue weighted by Crippen LogP contribution is -2.21. The molecular formula is C19H20ClFN6. The van der Waals surface area contributed by atoms with E-state index in [1.165, 1.54) is 6.07 Å². The minimum absolute atomic E-state index is 0.119. The molecule has 3 N–H and O–H groups in total. The molecule has 6 nitrogen and oxygen atoms in total. The first-order chi connectivity index (χ1) is 12.9. The van der Waals surface area contributed by atoms with E-state index < -0.39 is 0 Å². The van der Waals surface area contributed by atoms with Crippen LogP contribution in [0.25, 0.3) is 0 Å². The molecule has 0 saturated heterocycles. The molecule has 0 amide bonds. The highest BCUT2D eigenvalue weighted by atomic mass is 35.5. The van der Waals surface area contributed by atoms with E-state index in [-0.39, 0.29) is 11.8 Å². The normalized spacial score (nSPS) is 11.0. The van der Waals surface area contributed by atoms with Crippen molar-refractivity contribution >= 4 is 29.2 Å². The Labute approximate surface area is 162 Å². The monoisotopic (exact) mass is 386 g/mol. The van der Waals surface area contributed by atoms with E-state index in [2.05, 4.69) is 20.3 Å². The zero-order valence-corrected chi connectivity index (χ0v) is 15.8. The van der Waals surface area contributed by atoms with Gasteiger partial charge in [-0.15, -0.1) is 0 Å². The first kappa shape index (κ1) is 19.0. The Balaban J connectivity index is 1.75. The molecule has 3 aromatic rings. The molecular weight excluding hydrogens is 367 g/mol. The minimum Gasteiger partial charge on any atom is -0.368 e. The number of aryl methyl sites for hydroxylation is 1. The average Bonchev–Trinajstić information content (AvgIpc) is 2.60. The van der Waals surface area contributed by atoms with E-state index in [9.17, 15) is 4.39 Å². The van der Waals surface area contributed by atoms with Crippen LogP contribution in [0, 0.1) is 12.7 Å². The second kappa shape index (κ2) is 8.28. The minimum atomic E-state index is -0.341. The number of rotatable bonds is 6. The van der Waals surface area contributed by atoms with Crippen molar-refractivity contribution in [1.29, 1.82) is 0 Å². The summed E-state index contributed by atoms with van der Waals surface area (Å²) in [5.74, 6) is 0.623. The topological polar surface area (TPSA) is 80.0 Å². The number of benzene rings is 2. The third-order valence-electron chi connectivity index (χ3n) is 3.99. The molecule has 140 valence electrons. The summed E-state index contributed by atoms with van der Waals surface area (Å²) in [6, 6.07) is 12.4. The van der Waals surface area contributed by atoms with Crippen molar-refractivity contribution < 1.29 is 4.39 Å². The zero-order chi connectivity index (χ0) is 19.4. The van der Waals surface area contributed by atoms with Gasteiger partial charge in [0.2, 0.25) is 11.9 Å². The molecule has 2 aromatic carbocycles. The predicted octanol–water partition coefficient (Wildman–Crippen LogP) is 3.93. The highest BCUT2D eigenvalue weighted by Gasteiger charge is 2.13. The molecule has 0 unspecified atom stereocenters. The molecule has 8 heteroatoms. The van der Waals surface area contributed by atoms with E-state index >= 15 is 0 Å². The Hall–Kier alpha value is -2.77. The van der Waals surface area contributed by atoms with Crippen LogP contribution in [-0.4, -0.2) is 26.9 Å². The summed E-state index contributed by atoms with van der Waals surface area (Å²) >= 11 is 6.09. The molecule has 0 aliphatic heterocycles. The van der Waals surface area contributed by atoms with Gasteiger partial charge in [0.1, 0.15) is 11.6 Å². The maximum atomic E-state index is 14.0. The zero-order valence-electron chi connectivity index (χ0n) is 15.1. The Morgan fingerprint density at radius 2 is 1.85 bits per heavy atom. The fourth-order valence-electron chi connectivity index (χ4n) is 2.65. The lowest BCUT2D eigenvalue weighted by molar-refractivity contribution is 0.305. The molecule has 0 saturated carbocycles. The van der Waals surface area contributed by atoms with Crippen LogP contribution in [0.2, 0.25) is 5.02 Å². The molecule has 3 rings (SSSR count). The van der Waals surface area contributed by atoms with Crippen LogP contribution in [0.3, 0.4) is 0 Å². The standard InChI is InChI=1S/C19H20ClFN6/c1-12-6-3-4-9-16(12)23-19-25-17(24-18(22)26-19)11-27(2)10-13-14(20)7-5-8-15(13)21/h3-9H,10-11H2,1-2H3,(H3,22,23,24,25,26). The number of hydrogen-bond acceptors (Lipinski definition) is 6. The van der Waals surface area contributed by atoms with Gasteiger partial charge in [-0.1, -0.05) is 35.9 Å². The van der Waals surface area contributed by atoms with E-state index in [1.807, 2.05) is 43.1 Å². The average molecular weight is 387 g/mol. The number of anilines is 3. The van der Waals surface area contributed by atoms with Gasteiger partial charge in [-0.2, -0.15) is 15.0 Å². The van der Waals surface area contributed by atoms with Gasteiger partial charge in [-0.25, -0.2) is 4.39 Å². The van der Waals surface area contributed by atoms with Crippen molar-refractivity contribution in [2.45, 2.75) is 20.0 Å². The molecule has 0 radical (unpaired) electrons. The number of halogens is 2. The first-order valence-electron chi connectivity index (χ1n) is 8.37. The van der Waals surface area contributed by atoms with Crippen LogP contribution < -0.4 is 11.1 Å². The van der Waals surface area contributed by atoms with Gasteiger partial charge < -0.3 is 11.1 Å². The maximum Gasteiger partial charge on any atom is 0.232 e. The smallest absolute Gasteiger partial charge is 0.232 e. The Morgan fingerprint density at radius 3 is 2.59 bits per heavy atom. The van der Waals surface area contributed by atoms with Crippen molar-refractivity contribution in [1.82, 2.24) is 19.9 Å². The van der Waals surface area contributed by atoms with Crippen LogP contribution in [0.1, 0.15) is 17.0 Å². The summed E-state index contributed by atoms with van der Waals surface area (Å²) in [5, 5.41) is 3.54. The quantitative estimate of drug-likeness (QED) is 0.668. The summed E-state index contributed by atoms with van der Waals surface area (Å²) in [7, 11) is 1.83. The van der Waals surface area contributed by atoms with Crippen LogP contribution in [0.15, 0.2) is 42.5 Å². The van der Waals surface area contributed by atoms with Gasteiger partial charge in [0.05, 0.1) is 6.54 Å². The highest BCUT2D eigenvalue weighted by Crippen LogP contribution is 2.21. The number of nitrogens with zero attached hydrogens (tertiary/aromatic N) is 4. The number of para-hydroxylation sites is 1. The van der Waals surface area contributed by atoms with Gasteiger partial charge in [-0.3, -0.25) is 4.90 Å². The van der Waals surface area contributed by atoms with Gasteiger partial charge in [-0.05, 0) is 37.7 Å². The van der Waals surface area contributed by atoms with Gasteiger partial charge in [0, 0.05) is 22.8 Å². The molecule has 0 aliphatic rings. The summed E-state index contributed by atoms with van der Waals surface area (Å²) in [6.45, 7) is 2.66. The summed E-state index contributed by atoms with van der Waals surface area (Å²) in [4.78, 5) is 14.6. The third kappa shape index (κ3) is 4.90. The van der Waals surface area contributed by atoms with Gasteiger partial charge in [0.15, 0.2) is 0 Å². The molecule has 1 aromatic heterocycles. The van der Waals surface area contributed by atoms with Crippen molar-refractivity contribution in [2.75, 3.05) is 18.1 Å². The summed E-state index contributed by atoms with van der Waals surface area (Å²) in [5.41, 5.74) is 8.21. The van der Waals surface area contributed by atoms with Crippen LogP contribution in [0.5, 0.6) is 0 Å². The van der Waals surface area contributed by atoms with E-state index in [1.54, 1.807) is 12.1 Å². The molecule has 27 heavy (non-hydrogen) atoms. The molecule has 0 spiro atoms. The van der Waals surface area contributed by atoms with E-state index in [0.717, 1.165) is 11.3 Å². The molecule has 0 bridgehead atoms. The SMILES string of the molecule is Cc1ccccc1Nc1nc(N)nc(CN(C)Cc2c(F)cccc2Cl)n1. The second-order valence-corrected chi connectivity index (χ2v) is 6.65. The van der Waals surface area contributed by atoms with Crippen LogP contribution in [-0.2, 0) is 13.1 Å². The lowest BCUT2D eigenvalue weighted by Gasteiger charge is -2.17. The van der Waals surface area contributed by atoms with Gasteiger partial charge >= 0.3 is 0 Å². The predicted molar refractivity (Wildman–Crippen MR) is 105 cm³/mol. The molecule has 0 aliphatic carbocycles. The molecule has 0 atom stereocenters. The fourth-order valence-corrected chi connectivity index (χ4v) is 2.87. The Kier molecular flexibility index (Phi) is 5.83. The number of nitrogens with two attached hydrogens (primary N) is 1. The van der Waals surface area contributed by atoms with Crippen molar-refractivity contribution in [3.05, 3.63) is 70.3 Å². The number of aromatic nitrogens is 3. The fraction of sp³-hybridized carbons (Fsp3) is 0.211. The summed E-state index contributed by atoms with van der Waals surface area (Å²) in [6.07, 6.45) is 0. The number of hydrogen-bond donors (Lipinski definition) is 2. The first-order valence-corrected chi connectivity index (χ1v) is 8.74. The Morgan fingerprint density at radius 1 is 1.07 bits per heavy atom. The summed E-state index contributed by atoms with van der Waals surface area (Å²) < 4.78 is 14.0. The molecule has 0 fully saturated rings. The lowest BCUT2D eigenvalue weighted by atomic mass is 10.2. The highest BCUT2D eigenvalue weighted by molar-refractivity contribution is 6.31.